The Morgan fingerprint density at radius 3 is 2.49 bits per heavy atom. The van der Waals surface area contributed by atoms with E-state index < -0.39 is 0 Å². The first kappa shape index (κ1) is 25.6. The number of likely N-dealkylation sites (tertiary alicyclic amines) is 3. The number of hydrogen-bond acceptors (Lipinski definition) is 4. The number of nitrogens with zero attached hydrogens (tertiary/aromatic N) is 4. The molecule has 0 radical (unpaired) electrons. The van der Waals surface area contributed by atoms with Gasteiger partial charge in [0.25, 0.3) is 5.91 Å². The van der Waals surface area contributed by atoms with Gasteiger partial charge in [-0.25, -0.2) is 0 Å². The Kier molecular flexibility index (Phi) is 5.72. The molecule has 3 aromatic rings. The molecule has 5 aliphatic rings. The SMILES string of the molecule is Cc1cc(C2CC2)c(CN2CCC3(CC(C#N)C3)CC2c2ccc(C(=O)N3CC4(CN(C)C4)C3)cc2)c2cc[nH]c12. The van der Waals surface area contributed by atoms with Crippen molar-refractivity contribution in [1.29, 1.82) is 5.26 Å². The van der Waals surface area contributed by atoms with Gasteiger partial charge in [-0.3, -0.25) is 9.69 Å². The lowest BCUT2D eigenvalue weighted by Gasteiger charge is -2.59. The Labute approximate surface area is 243 Å². The smallest absolute Gasteiger partial charge is 0.253 e. The maximum Gasteiger partial charge on any atom is 0.253 e. The lowest BCUT2D eigenvalue weighted by atomic mass is 9.56. The Morgan fingerprint density at radius 2 is 1.80 bits per heavy atom. The Morgan fingerprint density at radius 1 is 1.05 bits per heavy atom. The normalized spacial score (nSPS) is 29.2. The molecule has 6 nitrogen and oxygen atoms in total. The summed E-state index contributed by atoms with van der Waals surface area (Å²) in [4.78, 5) is 23.8. The molecule has 212 valence electrons. The summed E-state index contributed by atoms with van der Waals surface area (Å²) in [6, 6.07) is 16.1. The van der Waals surface area contributed by atoms with Crippen molar-refractivity contribution < 1.29 is 4.79 Å². The number of H-pyrrole nitrogens is 1. The summed E-state index contributed by atoms with van der Waals surface area (Å²) >= 11 is 0. The molecule has 0 bridgehead atoms. The van der Waals surface area contributed by atoms with Crippen molar-refractivity contribution >= 4 is 16.8 Å². The Balaban J connectivity index is 1.07. The molecular weight excluding hydrogens is 506 g/mol. The molecular formula is C35H41N5O. The van der Waals surface area contributed by atoms with Crippen LogP contribution >= 0.6 is 0 Å². The van der Waals surface area contributed by atoms with Crippen LogP contribution in [0.3, 0.4) is 0 Å². The first-order chi connectivity index (χ1) is 19.8. The van der Waals surface area contributed by atoms with Gasteiger partial charge in [-0.1, -0.05) is 18.2 Å². The minimum atomic E-state index is 0.174. The maximum absolute atomic E-state index is 13.3. The molecule has 5 fully saturated rings. The van der Waals surface area contributed by atoms with Crippen LogP contribution in [0.25, 0.3) is 10.9 Å². The van der Waals surface area contributed by atoms with Crippen LogP contribution in [0.5, 0.6) is 0 Å². The van der Waals surface area contributed by atoms with E-state index in [0.717, 1.165) is 64.1 Å². The summed E-state index contributed by atoms with van der Waals surface area (Å²) in [5.41, 5.74) is 8.43. The van der Waals surface area contributed by atoms with E-state index in [1.165, 1.54) is 46.9 Å². The second-order valence-corrected chi connectivity index (χ2v) is 14.4. The zero-order valence-corrected chi connectivity index (χ0v) is 24.5. The molecule has 1 N–H and O–H groups in total. The van der Waals surface area contributed by atoms with Gasteiger partial charge in [0.15, 0.2) is 0 Å². The number of nitriles is 1. The predicted octanol–water partition coefficient (Wildman–Crippen LogP) is 6.00. The van der Waals surface area contributed by atoms with Crippen molar-refractivity contribution in [2.24, 2.45) is 16.7 Å². The van der Waals surface area contributed by atoms with Gasteiger partial charge < -0.3 is 14.8 Å². The number of piperidine rings is 1. The van der Waals surface area contributed by atoms with Crippen LogP contribution in [0.1, 0.15) is 83.1 Å². The van der Waals surface area contributed by atoms with Crippen LogP contribution in [0.4, 0.5) is 0 Å². The Hall–Kier alpha value is -3.14. The zero-order chi connectivity index (χ0) is 27.9. The van der Waals surface area contributed by atoms with Gasteiger partial charge in [0.2, 0.25) is 0 Å². The fourth-order valence-corrected chi connectivity index (χ4v) is 9.01. The fraction of sp³-hybridized carbons (Fsp3) is 0.543. The molecule has 2 aliphatic carbocycles. The maximum atomic E-state index is 13.3. The van der Waals surface area contributed by atoms with Crippen molar-refractivity contribution in [2.75, 3.05) is 39.8 Å². The van der Waals surface area contributed by atoms with Gasteiger partial charge in [0.1, 0.15) is 0 Å². The van der Waals surface area contributed by atoms with Crippen LogP contribution in [0.15, 0.2) is 42.6 Å². The molecule has 41 heavy (non-hydrogen) atoms. The highest BCUT2D eigenvalue weighted by atomic mass is 16.2. The molecule has 3 aliphatic heterocycles. The minimum Gasteiger partial charge on any atom is -0.361 e. The van der Waals surface area contributed by atoms with E-state index in [4.69, 9.17) is 0 Å². The van der Waals surface area contributed by atoms with E-state index in [0.29, 0.717) is 17.4 Å². The summed E-state index contributed by atoms with van der Waals surface area (Å²) in [6.07, 6.45) is 9.04. The number of hydrogen-bond donors (Lipinski definition) is 1. The largest absolute Gasteiger partial charge is 0.361 e. The van der Waals surface area contributed by atoms with Crippen molar-refractivity contribution in [2.45, 2.75) is 64.0 Å². The lowest BCUT2D eigenvalue weighted by molar-refractivity contribution is -0.0872. The molecule has 1 aromatic heterocycles. The number of aromatic nitrogens is 1. The van der Waals surface area contributed by atoms with E-state index >= 15 is 0 Å². The third-order valence-electron chi connectivity index (χ3n) is 11.2. The summed E-state index contributed by atoms with van der Waals surface area (Å²) in [7, 11) is 2.16. The molecule has 2 saturated carbocycles. The van der Waals surface area contributed by atoms with Crippen LogP contribution in [0, 0.1) is 35.0 Å². The molecule has 6 heteroatoms. The number of fused-ring (bicyclic) bond motifs is 1. The van der Waals surface area contributed by atoms with Crippen LogP contribution in [-0.4, -0.2) is 65.4 Å². The van der Waals surface area contributed by atoms with E-state index in [9.17, 15) is 10.1 Å². The molecule has 3 saturated heterocycles. The number of carbonyl (C=O) groups is 1. The minimum absolute atomic E-state index is 0.174. The average molecular weight is 548 g/mol. The van der Waals surface area contributed by atoms with Gasteiger partial charge >= 0.3 is 0 Å². The van der Waals surface area contributed by atoms with Crippen LogP contribution in [0.2, 0.25) is 0 Å². The quantitative estimate of drug-likeness (QED) is 0.426. The predicted molar refractivity (Wildman–Crippen MR) is 160 cm³/mol. The van der Waals surface area contributed by atoms with Gasteiger partial charge in [-0.2, -0.15) is 5.26 Å². The highest BCUT2D eigenvalue weighted by molar-refractivity contribution is 5.95. The first-order valence-electron chi connectivity index (χ1n) is 15.7. The van der Waals surface area contributed by atoms with E-state index in [-0.39, 0.29) is 17.2 Å². The number of rotatable bonds is 5. The average Bonchev–Trinajstić information content (AvgIpc) is 3.65. The van der Waals surface area contributed by atoms with E-state index in [1.807, 2.05) is 4.90 Å². The Bertz CT molecular complexity index is 1540. The van der Waals surface area contributed by atoms with Gasteiger partial charge in [0, 0.05) is 72.8 Å². The van der Waals surface area contributed by atoms with Crippen LogP contribution in [-0.2, 0) is 6.54 Å². The molecule has 2 aromatic carbocycles. The number of aryl methyl sites for hydroxylation is 1. The molecule has 1 unspecified atom stereocenters. The van der Waals surface area contributed by atoms with E-state index in [2.05, 4.69) is 77.4 Å². The highest BCUT2D eigenvalue weighted by Gasteiger charge is 2.52. The number of carbonyl (C=O) groups excluding carboxylic acids is 1. The third-order valence-corrected chi connectivity index (χ3v) is 11.2. The number of aromatic amines is 1. The zero-order valence-electron chi connectivity index (χ0n) is 24.5. The standard InChI is InChI=1S/C35H41N5O/c1-23-13-29(25-3-4-25)30(28-9-11-37-32(23)28)18-39-12-10-34(14-24(15-34)17-36)16-31(39)26-5-7-27(8-6-26)33(41)40-21-35(22-40)19-38(2)20-35/h5-9,11,13,24-25,31,37H,3-4,10,12,14-16,18-22H2,1-2H3. The highest BCUT2D eigenvalue weighted by Crippen LogP contribution is 2.57. The number of nitrogens with one attached hydrogen (secondary N) is 1. The summed E-state index contributed by atoms with van der Waals surface area (Å²) < 4.78 is 0. The third kappa shape index (κ3) is 4.23. The van der Waals surface area contributed by atoms with Gasteiger partial charge in [-0.05, 0) is 111 Å². The van der Waals surface area contributed by atoms with Crippen molar-refractivity contribution in [3.63, 3.8) is 0 Å². The molecule has 1 amide bonds. The topological polar surface area (TPSA) is 66.4 Å². The van der Waals surface area contributed by atoms with Crippen molar-refractivity contribution in [3.8, 4) is 6.07 Å². The molecule has 8 rings (SSSR count). The summed E-state index contributed by atoms with van der Waals surface area (Å²) in [5.74, 6) is 1.09. The summed E-state index contributed by atoms with van der Waals surface area (Å²) in [5, 5.41) is 10.9. The fourth-order valence-electron chi connectivity index (χ4n) is 9.01. The monoisotopic (exact) mass is 547 g/mol. The van der Waals surface area contributed by atoms with Crippen molar-refractivity contribution in [1.82, 2.24) is 19.7 Å². The lowest BCUT2D eigenvalue weighted by Crippen LogP contribution is -2.72. The van der Waals surface area contributed by atoms with Gasteiger partial charge in [-0.15, -0.1) is 0 Å². The van der Waals surface area contributed by atoms with Crippen molar-refractivity contribution in [3.05, 3.63) is 70.4 Å². The second kappa shape index (κ2) is 9.18. The van der Waals surface area contributed by atoms with Crippen LogP contribution < -0.4 is 0 Å². The number of amides is 1. The summed E-state index contributed by atoms with van der Waals surface area (Å²) in [6.45, 7) is 8.25. The number of benzene rings is 2. The molecule has 2 spiro atoms. The second-order valence-electron chi connectivity index (χ2n) is 14.4. The molecule has 1 atom stereocenters. The molecule has 4 heterocycles. The van der Waals surface area contributed by atoms with Gasteiger partial charge in [0.05, 0.1) is 6.07 Å². The first-order valence-corrected chi connectivity index (χ1v) is 15.7. The van der Waals surface area contributed by atoms with E-state index in [1.54, 1.807) is 5.56 Å².